The lowest BCUT2D eigenvalue weighted by Crippen LogP contribution is -2.40. The van der Waals surface area contributed by atoms with Crippen molar-refractivity contribution in [1.82, 2.24) is 0 Å². The molecule has 124 valence electrons. The number of fused-ring (bicyclic) bond motifs is 5. The molecule has 3 aliphatic rings. The number of ether oxygens (including phenoxy) is 1. The van der Waals surface area contributed by atoms with Gasteiger partial charge < -0.3 is 10.5 Å². The van der Waals surface area contributed by atoms with Crippen molar-refractivity contribution >= 4 is 5.69 Å². The minimum absolute atomic E-state index is 0.464. The van der Waals surface area contributed by atoms with Crippen molar-refractivity contribution in [2.24, 2.45) is 17.3 Å². The Bertz CT molecular complexity index is 662. The van der Waals surface area contributed by atoms with Crippen molar-refractivity contribution in [1.29, 1.82) is 0 Å². The molecule has 4 rings (SSSR count). The van der Waals surface area contributed by atoms with Crippen LogP contribution >= 0.6 is 0 Å². The molecule has 0 radical (unpaired) electrons. The summed E-state index contributed by atoms with van der Waals surface area (Å²) < 4.78 is 5.50. The zero-order valence-electron chi connectivity index (χ0n) is 14.7. The Morgan fingerprint density at radius 3 is 2.78 bits per heavy atom. The first-order valence-electron chi connectivity index (χ1n) is 9.20. The summed E-state index contributed by atoms with van der Waals surface area (Å²) in [4.78, 5) is 0. The number of methoxy groups -OCH3 is 1. The first-order valence-corrected chi connectivity index (χ1v) is 9.20. The molecule has 0 bridgehead atoms. The van der Waals surface area contributed by atoms with Crippen LogP contribution in [-0.2, 0) is 6.42 Å². The van der Waals surface area contributed by atoms with E-state index in [1.165, 1.54) is 49.7 Å². The van der Waals surface area contributed by atoms with Crippen LogP contribution in [0, 0.1) is 17.3 Å². The molecule has 2 N–H and O–H groups in total. The average Bonchev–Trinajstić information content (AvgIpc) is 2.90. The molecule has 0 aliphatic heterocycles. The first-order chi connectivity index (χ1) is 11.1. The van der Waals surface area contributed by atoms with Crippen molar-refractivity contribution < 1.29 is 4.74 Å². The number of nitrogens with two attached hydrogens (primary N) is 1. The average molecular weight is 311 g/mol. The number of benzene rings is 1. The maximum absolute atomic E-state index is 6.13. The molecule has 3 aliphatic carbocycles. The van der Waals surface area contributed by atoms with Gasteiger partial charge in [-0.05, 0) is 91.9 Å². The van der Waals surface area contributed by atoms with Gasteiger partial charge in [0.15, 0.2) is 0 Å². The van der Waals surface area contributed by atoms with E-state index in [1.807, 2.05) is 0 Å². The minimum Gasteiger partial charge on any atom is -0.495 e. The lowest BCUT2D eigenvalue weighted by atomic mass is 9.55. The van der Waals surface area contributed by atoms with Crippen molar-refractivity contribution in [2.45, 2.75) is 58.3 Å². The summed E-state index contributed by atoms with van der Waals surface area (Å²) in [5.41, 5.74) is 12.1. The molecule has 0 heterocycles. The summed E-state index contributed by atoms with van der Waals surface area (Å²) in [6, 6.07) is 4.42. The van der Waals surface area contributed by atoms with Gasteiger partial charge in [-0.1, -0.05) is 18.6 Å². The van der Waals surface area contributed by atoms with Gasteiger partial charge in [0, 0.05) is 0 Å². The van der Waals surface area contributed by atoms with Crippen molar-refractivity contribution in [3.05, 3.63) is 34.9 Å². The van der Waals surface area contributed by atoms with Gasteiger partial charge in [0.2, 0.25) is 0 Å². The lowest BCUT2D eigenvalue weighted by molar-refractivity contribution is 0.0813. The smallest absolute Gasteiger partial charge is 0.142 e. The fraction of sp³-hybridized carbons (Fsp3) is 0.619. The van der Waals surface area contributed by atoms with E-state index in [0.717, 1.165) is 23.3 Å². The number of nitrogen functional groups attached to an aromatic ring is 1. The molecule has 0 saturated heterocycles. The molecular weight excluding hydrogens is 282 g/mol. The van der Waals surface area contributed by atoms with Crippen LogP contribution < -0.4 is 10.5 Å². The van der Waals surface area contributed by atoms with Crippen LogP contribution in [0.4, 0.5) is 5.69 Å². The molecule has 23 heavy (non-hydrogen) atoms. The third-order valence-electron chi connectivity index (χ3n) is 7.27. The SMILES string of the molecule is C/C=C1/CCC2C3CCc4cc(N)c(OC)cc4C3CCC12C. The summed E-state index contributed by atoms with van der Waals surface area (Å²) in [6.07, 6.45) is 10.3. The van der Waals surface area contributed by atoms with Crippen LogP contribution in [0.2, 0.25) is 0 Å². The molecule has 0 amide bonds. The van der Waals surface area contributed by atoms with Gasteiger partial charge in [-0.15, -0.1) is 0 Å². The van der Waals surface area contributed by atoms with Crippen LogP contribution in [0.1, 0.15) is 63.0 Å². The van der Waals surface area contributed by atoms with E-state index in [1.54, 1.807) is 12.7 Å². The summed E-state index contributed by atoms with van der Waals surface area (Å²) in [7, 11) is 1.73. The number of anilines is 1. The molecule has 2 heteroatoms. The molecule has 4 unspecified atom stereocenters. The fourth-order valence-electron chi connectivity index (χ4n) is 6.12. The maximum atomic E-state index is 6.13. The summed E-state index contributed by atoms with van der Waals surface area (Å²) in [5.74, 6) is 3.28. The highest BCUT2D eigenvalue weighted by atomic mass is 16.5. The molecule has 0 spiro atoms. The Hall–Kier alpha value is -1.44. The zero-order chi connectivity index (χ0) is 16.2. The molecule has 2 saturated carbocycles. The molecule has 2 nitrogen and oxygen atoms in total. The Kier molecular flexibility index (Phi) is 3.48. The van der Waals surface area contributed by atoms with Crippen molar-refractivity contribution in [3.63, 3.8) is 0 Å². The Balaban J connectivity index is 1.73. The summed E-state index contributed by atoms with van der Waals surface area (Å²) >= 11 is 0. The van der Waals surface area contributed by atoms with Crippen LogP contribution in [0.5, 0.6) is 5.75 Å². The van der Waals surface area contributed by atoms with Gasteiger partial charge in [-0.3, -0.25) is 0 Å². The van der Waals surface area contributed by atoms with Gasteiger partial charge in [0.1, 0.15) is 5.75 Å². The normalized spacial score (nSPS) is 37.2. The van der Waals surface area contributed by atoms with E-state index in [-0.39, 0.29) is 0 Å². The number of allylic oxidation sites excluding steroid dienone is 2. The van der Waals surface area contributed by atoms with Crippen LogP contribution in [-0.4, -0.2) is 7.11 Å². The van der Waals surface area contributed by atoms with E-state index in [2.05, 4.69) is 32.1 Å². The van der Waals surface area contributed by atoms with E-state index in [4.69, 9.17) is 10.5 Å². The highest BCUT2D eigenvalue weighted by molar-refractivity contribution is 5.58. The van der Waals surface area contributed by atoms with Crippen molar-refractivity contribution in [2.75, 3.05) is 12.8 Å². The Labute approximate surface area is 140 Å². The van der Waals surface area contributed by atoms with Gasteiger partial charge >= 0.3 is 0 Å². The maximum Gasteiger partial charge on any atom is 0.142 e. The second-order valence-electron chi connectivity index (χ2n) is 8.02. The van der Waals surface area contributed by atoms with Crippen LogP contribution in [0.15, 0.2) is 23.8 Å². The summed E-state index contributed by atoms with van der Waals surface area (Å²) in [6.45, 7) is 4.77. The lowest BCUT2D eigenvalue weighted by Gasteiger charge is -2.49. The number of hydrogen-bond donors (Lipinski definition) is 1. The Morgan fingerprint density at radius 2 is 2.04 bits per heavy atom. The molecule has 0 aromatic heterocycles. The monoisotopic (exact) mass is 311 g/mol. The molecule has 2 fully saturated rings. The van der Waals surface area contributed by atoms with E-state index < -0.39 is 0 Å². The molecule has 1 aromatic carbocycles. The molecule has 1 aromatic rings. The second kappa shape index (κ2) is 5.29. The van der Waals surface area contributed by atoms with Gasteiger partial charge in [0.05, 0.1) is 12.8 Å². The number of rotatable bonds is 1. The zero-order valence-corrected chi connectivity index (χ0v) is 14.7. The largest absolute Gasteiger partial charge is 0.495 e. The van der Waals surface area contributed by atoms with E-state index in [0.29, 0.717) is 11.3 Å². The third kappa shape index (κ3) is 2.07. The van der Waals surface area contributed by atoms with Crippen LogP contribution in [0.3, 0.4) is 0 Å². The van der Waals surface area contributed by atoms with Gasteiger partial charge in [-0.25, -0.2) is 0 Å². The summed E-state index contributed by atoms with van der Waals surface area (Å²) in [5, 5.41) is 0. The number of hydrogen-bond acceptors (Lipinski definition) is 2. The molecular formula is C21H29NO. The second-order valence-corrected chi connectivity index (χ2v) is 8.02. The van der Waals surface area contributed by atoms with Crippen molar-refractivity contribution in [3.8, 4) is 5.75 Å². The van der Waals surface area contributed by atoms with Crippen LogP contribution in [0.25, 0.3) is 0 Å². The topological polar surface area (TPSA) is 35.2 Å². The third-order valence-corrected chi connectivity index (χ3v) is 7.27. The van der Waals surface area contributed by atoms with E-state index >= 15 is 0 Å². The fourth-order valence-corrected chi connectivity index (χ4v) is 6.12. The standard InChI is InChI=1S/C21H29NO/c1-4-14-6-8-18-16-7-5-13-11-19(22)20(23-3)12-17(13)15(16)9-10-21(14,18)2/h4,11-12,15-16,18H,5-10,22H2,1-3H3/b14-4-. The molecule has 4 atom stereocenters. The van der Waals surface area contributed by atoms with Gasteiger partial charge in [0.25, 0.3) is 0 Å². The predicted octanol–water partition coefficient (Wildman–Crippen LogP) is 5.08. The minimum atomic E-state index is 0.464. The van der Waals surface area contributed by atoms with E-state index in [9.17, 15) is 0 Å². The Morgan fingerprint density at radius 1 is 1.22 bits per heavy atom. The number of aryl methyl sites for hydroxylation is 1. The predicted molar refractivity (Wildman–Crippen MR) is 95.8 cm³/mol. The highest BCUT2D eigenvalue weighted by Crippen LogP contribution is 2.63. The quantitative estimate of drug-likeness (QED) is 0.580. The highest BCUT2D eigenvalue weighted by Gasteiger charge is 2.52. The van der Waals surface area contributed by atoms with Gasteiger partial charge in [-0.2, -0.15) is 0 Å². The first kappa shape index (κ1) is 15.1.